The number of amidine groups is 1. The van der Waals surface area contributed by atoms with Crippen molar-refractivity contribution in [3.8, 4) is 0 Å². The quantitative estimate of drug-likeness (QED) is 0.392. The maximum absolute atomic E-state index is 8.91. The number of hydrogen-bond donors (Lipinski definition) is 2. The summed E-state index contributed by atoms with van der Waals surface area (Å²) >= 11 is 7.47. The fourth-order valence-electron chi connectivity index (χ4n) is 2.18. The predicted octanol–water partition coefficient (Wildman–Crippen LogP) is 2.17. The molecule has 0 amide bonds. The van der Waals surface area contributed by atoms with Crippen LogP contribution in [0.3, 0.4) is 0 Å². The van der Waals surface area contributed by atoms with Gasteiger partial charge in [-0.15, -0.1) is 11.3 Å². The average molecular weight is 314 g/mol. The summed E-state index contributed by atoms with van der Waals surface area (Å²) in [6, 6.07) is 3.85. The largest absolute Gasteiger partial charge is 0.409 e. The van der Waals surface area contributed by atoms with Crippen LogP contribution < -0.4 is 10.6 Å². The molecule has 3 N–H and O–H groups in total. The molecule has 0 fully saturated rings. The molecule has 0 aliphatic carbocycles. The Kier molecular flexibility index (Phi) is 4.20. The standard InChI is InChI=1S/C12H16ClN5OS/c1-7-10(11(14)16-19)12(18(3)15-7)17(2)6-8-4-5-9(13)20-8/h4-5,19H,6H2,1-3H3,(H2,14,16). The van der Waals surface area contributed by atoms with Gasteiger partial charge in [0.25, 0.3) is 0 Å². The van der Waals surface area contributed by atoms with Crippen LogP contribution in [-0.2, 0) is 13.6 Å². The first-order chi connectivity index (χ1) is 9.43. The Balaban J connectivity index is 2.36. The molecule has 2 aromatic heterocycles. The van der Waals surface area contributed by atoms with E-state index in [1.54, 1.807) is 4.68 Å². The molecule has 0 aliphatic rings. The van der Waals surface area contributed by atoms with Gasteiger partial charge in [0, 0.05) is 19.0 Å². The van der Waals surface area contributed by atoms with Crippen molar-refractivity contribution in [2.24, 2.45) is 17.9 Å². The molecule has 0 aliphatic heterocycles. The number of aryl methyl sites for hydroxylation is 2. The van der Waals surface area contributed by atoms with Gasteiger partial charge in [-0.2, -0.15) is 5.10 Å². The molecule has 0 saturated heterocycles. The minimum Gasteiger partial charge on any atom is -0.409 e. The van der Waals surface area contributed by atoms with E-state index < -0.39 is 0 Å². The number of halogens is 1. The summed E-state index contributed by atoms with van der Waals surface area (Å²) in [4.78, 5) is 3.12. The minimum absolute atomic E-state index is 0.0571. The van der Waals surface area contributed by atoms with Crippen LogP contribution in [0.2, 0.25) is 4.34 Å². The van der Waals surface area contributed by atoms with Crippen molar-refractivity contribution < 1.29 is 5.21 Å². The monoisotopic (exact) mass is 313 g/mol. The van der Waals surface area contributed by atoms with Gasteiger partial charge in [0.15, 0.2) is 5.84 Å². The summed E-state index contributed by atoms with van der Waals surface area (Å²) in [5.41, 5.74) is 7.10. The van der Waals surface area contributed by atoms with Crippen LogP contribution in [-0.4, -0.2) is 27.9 Å². The Morgan fingerprint density at radius 2 is 2.30 bits per heavy atom. The highest BCUT2D eigenvalue weighted by atomic mass is 35.5. The third-order valence-corrected chi connectivity index (χ3v) is 4.16. The summed E-state index contributed by atoms with van der Waals surface area (Å²) in [5, 5.41) is 16.3. The highest BCUT2D eigenvalue weighted by Crippen LogP contribution is 2.27. The molecule has 8 heteroatoms. The fourth-order valence-corrected chi connectivity index (χ4v) is 3.32. The highest BCUT2D eigenvalue weighted by Gasteiger charge is 2.20. The van der Waals surface area contributed by atoms with Gasteiger partial charge in [0.2, 0.25) is 0 Å². The number of oxime groups is 1. The van der Waals surface area contributed by atoms with E-state index in [-0.39, 0.29) is 5.84 Å². The van der Waals surface area contributed by atoms with Crippen LogP contribution in [0.15, 0.2) is 17.3 Å². The van der Waals surface area contributed by atoms with Crippen molar-refractivity contribution in [3.63, 3.8) is 0 Å². The Labute approximate surface area is 126 Å². The molecule has 0 saturated carbocycles. The molecule has 0 spiro atoms. The number of anilines is 1. The third kappa shape index (κ3) is 2.73. The molecular weight excluding hydrogens is 298 g/mol. The van der Waals surface area contributed by atoms with E-state index in [4.69, 9.17) is 22.5 Å². The first-order valence-electron chi connectivity index (χ1n) is 5.91. The molecule has 0 unspecified atom stereocenters. The Bertz CT molecular complexity index is 648. The van der Waals surface area contributed by atoms with E-state index >= 15 is 0 Å². The van der Waals surface area contributed by atoms with Crippen LogP contribution in [0.5, 0.6) is 0 Å². The fraction of sp³-hybridized carbons (Fsp3) is 0.333. The van der Waals surface area contributed by atoms with Gasteiger partial charge in [-0.3, -0.25) is 4.68 Å². The summed E-state index contributed by atoms with van der Waals surface area (Å²) in [6.07, 6.45) is 0. The van der Waals surface area contributed by atoms with Gasteiger partial charge in [-0.25, -0.2) is 0 Å². The number of nitrogens with zero attached hydrogens (tertiary/aromatic N) is 4. The maximum Gasteiger partial charge on any atom is 0.175 e. The van der Waals surface area contributed by atoms with Crippen molar-refractivity contribution in [1.82, 2.24) is 9.78 Å². The number of aromatic nitrogens is 2. The van der Waals surface area contributed by atoms with Gasteiger partial charge in [-0.1, -0.05) is 16.8 Å². The molecular formula is C12H16ClN5OS. The van der Waals surface area contributed by atoms with Crippen molar-refractivity contribution in [2.45, 2.75) is 13.5 Å². The Morgan fingerprint density at radius 3 is 2.85 bits per heavy atom. The molecule has 0 atom stereocenters. The van der Waals surface area contributed by atoms with E-state index in [1.165, 1.54) is 11.3 Å². The van der Waals surface area contributed by atoms with Crippen LogP contribution >= 0.6 is 22.9 Å². The topological polar surface area (TPSA) is 79.7 Å². The summed E-state index contributed by atoms with van der Waals surface area (Å²) in [6.45, 7) is 2.49. The lowest BCUT2D eigenvalue weighted by atomic mass is 10.2. The number of nitrogens with two attached hydrogens (primary N) is 1. The lowest BCUT2D eigenvalue weighted by Crippen LogP contribution is -2.24. The van der Waals surface area contributed by atoms with Gasteiger partial charge >= 0.3 is 0 Å². The van der Waals surface area contributed by atoms with Gasteiger partial charge in [0.05, 0.1) is 22.1 Å². The number of rotatable bonds is 4. The molecule has 2 aromatic rings. The predicted molar refractivity (Wildman–Crippen MR) is 81.9 cm³/mol. The Morgan fingerprint density at radius 1 is 1.60 bits per heavy atom. The van der Waals surface area contributed by atoms with Crippen molar-refractivity contribution in [3.05, 3.63) is 32.6 Å². The van der Waals surface area contributed by atoms with E-state index in [0.29, 0.717) is 17.8 Å². The zero-order valence-electron chi connectivity index (χ0n) is 11.5. The second kappa shape index (κ2) is 5.72. The number of thiophene rings is 1. The first kappa shape index (κ1) is 14.7. The second-order valence-corrected chi connectivity index (χ2v) is 6.25. The molecule has 0 radical (unpaired) electrons. The molecule has 2 heterocycles. The summed E-state index contributed by atoms with van der Waals surface area (Å²) in [7, 11) is 3.76. The van der Waals surface area contributed by atoms with E-state index in [0.717, 1.165) is 15.0 Å². The third-order valence-electron chi connectivity index (χ3n) is 2.94. The lowest BCUT2D eigenvalue weighted by Gasteiger charge is -2.20. The van der Waals surface area contributed by atoms with Crippen molar-refractivity contribution in [2.75, 3.05) is 11.9 Å². The average Bonchev–Trinajstić information content (AvgIpc) is 2.91. The zero-order chi connectivity index (χ0) is 14.9. The van der Waals surface area contributed by atoms with Crippen molar-refractivity contribution in [1.29, 1.82) is 0 Å². The van der Waals surface area contributed by atoms with E-state index in [2.05, 4.69) is 10.3 Å². The molecule has 6 nitrogen and oxygen atoms in total. The molecule has 20 heavy (non-hydrogen) atoms. The number of hydrogen-bond acceptors (Lipinski definition) is 5. The van der Waals surface area contributed by atoms with Gasteiger partial charge in [0.1, 0.15) is 5.82 Å². The van der Waals surface area contributed by atoms with E-state index in [1.807, 2.05) is 38.1 Å². The van der Waals surface area contributed by atoms with Crippen LogP contribution in [0.4, 0.5) is 5.82 Å². The van der Waals surface area contributed by atoms with Crippen LogP contribution in [0, 0.1) is 6.92 Å². The maximum atomic E-state index is 8.91. The Hall–Kier alpha value is -1.73. The second-order valence-electron chi connectivity index (χ2n) is 4.45. The SMILES string of the molecule is Cc1nn(C)c(N(C)Cc2ccc(Cl)s2)c1C(N)=NO. The molecule has 2 rings (SSSR count). The first-order valence-corrected chi connectivity index (χ1v) is 7.10. The molecule has 0 bridgehead atoms. The van der Waals surface area contributed by atoms with Gasteiger partial charge in [-0.05, 0) is 19.1 Å². The minimum atomic E-state index is 0.0571. The lowest BCUT2D eigenvalue weighted by molar-refractivity contribution is 0.318. The van der Waals surface area contributed by atoms with Gasteiger partial charge < -0.3 is 15.8 Å². The normalized spacial score (nSPS) is 11.9. The molecule has 108 valence electrons. The molecule has 0 aromatic carbocycles. The smallest absolute Gasteiger partial charge is 0.175 e. The van der Waals surface area contributed by atoms with Crippen molar-refractivity contribution >= 4 is 34.6 Å². The zero-order valence-corrected chi connectivity index (χ0v) is 13.0. The summed E-state index contributed by atoms with van der Waals surface area (Å²) < 4.78 is 2.48. The van der Waals surface area contributed by atoms with Crippen LogP contribution in [0.1, 0.15) is 16.1 Å². The van der Waals surface area contributed by atoms with Crippen LogP contribution in [0.25, 0.3) is 0 Å². The highest BCUT2D eigenvalue weighted by molar-refractivity contribution is 7.16. The summed E-state index contributed by atoms with van der Waals surface area (Å²) in [5.74, 6) is 0.851. The van der Waals surface area contributed by atoms with E-state index in [9.17, 15) is 0 Å².